The summed E-state index contributed by atoms with van der Waals surface area (Å²) in [6.45, 7) is 5.98. The minimum Gasteiger partial charge on any atom is -0.390 e. The van der Waals surface area contributed by atoms with Gasteiger partial charge >= 0.3 is 5.97 Å². The van der Waals surface area contributed by atoms with Gasteiger partial charge in [0.25, 0.3) is 0 Å². The van der Waals surface area contributed by atoms with Gasteiger partial charge in [-0.2, -0.15) is 5.10 Å². The van der Waals surface area contributed by atoms with Crippen molar-refractivity contribution >= 4 is 11.8 Å². The molecule has 7 nitrogen and oxygen atoms in total. The van der Waals surface area contributed by atoms with E-state index in [2.05, 4.69) is 10.6 Å². The molecule has 1 fully saturated rings. The van der Waals surface area contributed by atoms with Gasteiger partial charge in [-0.15, -0.1) is 0 Å². The Bertz CT molecular complexity index is 757. The third-order valence-corrected chi connectivity index (χ3v) is 4.54. The Morgan fingerprint density at radius 1 is 1.19 bits per heavy atom. The van der Waals surface area contributed by atoms with Crippen LogP contribution in [0.25, 0.3) is 0 Å². The molecule has 0 radical (unpaired) electrons. The van der Waals surface area contributed by atoms with Crippen molar-refractivity contribution in [3.63, 3.8) is 0 Å². The largest absolute Gasteiger partial charge is 0.390 e. The molecule has 3 N–H and O–H groups in total. The zero-order valence-electron chi connectivity index (χ0n) is 15.2. The van der Waals surface area contributed by atoms with E-state index in [1.165, 1.54) is 0 Å². The van der Waals surface area contributed by atoms with Crippen molar-refractivity contribution in [3.8, 4) is 0 Å². The quantitative estimate of drug-likeness (QED) is 0.726. The van der Waals surface area contributed by atoms with Gasteiger partial charge in [0, 0.05) is 12.0 Å². The second kappa shape index (κ2) is 7.09. The summed E-state index contributed by atoms with van der Waals surface area (Å²) in [5.74, 6) is 0.0298. The van der Waals surface area contributed by atoms with Gasteiger partial charge in [0.05, 0.1) is 29.0 Å². The number of nitrogens with zero attached hydrogens (tertiary/aromatic N) is 2. The van der Waals surface area contributed by atoms with Gasteiger partial charge in [-0.1, -0.05) is 18.2 Å². The highest BCUT2D eigenvalue weighted by atomic mass is 16.7. The zero-order valence-corrected chi connectivity index (χ0v) is 15.2. The van der Waals surface area contributed by atoms with Crippen LogP contribution in [0.15, 0.2) is 36.4 Å². The van der Waals surface area contributed by atoms with E-state index in [-0.39, 0.29) is 11.5 Å². The van der Waals surface area contributed by atoms with Gasteiger partial charge in [0.1, 0.15) is 0 Å². The van der Waals surface area contributed by atoms with Crippen molar-refractivity contribution in [2.75, 3.05) is 5.48 Å². The number of rotatable bonds is 4. The summed E-state index contributed by atoms with van der Waals surface area (Å²) in [6.07, 6.45) is -0.531. The van der Waals surface area contributed by atoms with Crippen LogP contribution in [0.4, 0.5) is 5.82 Å². The van der Waals surface area contributed by atoms with Gasteiger partial charge in [-0.25, -0.2) is 15.0 Å². The van der Waals surface area contributed by atoms with Gasteiger partial charge in [0.15, 0.2) is 5.82 Å². The predicted octanol–water partition coefficient (Wildman–Crippen LogP) is 2.42. The summed E-state index contributed by atoms with van der Waals surface area (Å²) in [7, 11) is 0. The van der Waals surface area contributed by atoms with Gasteiger partial charge < -0.3 is 15.1 Å². The first-order valence-corrected chi connectivity index (χ1v) is 8.74. The summed E-state index contributed by atoms with van der Waals surface area (Å²) in [5.41, 5.74) is 3.58. The van der Waals surface area contributed by atoms with E-state index in [0.29, 0.717) is 24.2 Å². The summed E-state index contributed by atoms with van der Waals surface area (Å²) in [4.78, 5) is 17.4. The predicted molar refractivity (Wildman–Crippen MR) is 96.7 cm³/mol. The lowest BCUT2D eigenvalue weighted by Gasteiger charge is -2.22. The number of nitrogens with one attached hydrogen (secondary N) is 1. The maximum Gasteiger partial charge on any atom is 0.362 e. The average molecular weight is 359 g/mol. The number of anilines is 1. The second-order valence-corrected chi connectivity index (χ2v) is 7.70. The van der Waals surface area contributed by atoms with Crippen LogP contribution < -0.4 is 5.48 Å². The lowest BCUT2D eigenvalue weighted by atomic mass is 10.0. The first kappa shape index (κ1) is 18.4. The molecule has 26 heavy (non-hydrogen) atoms. The normalized spacial score (nSPS) is 23.0. The van der Waals surface area contributed by atoms with Crippen molar-refractivity contribution in [2.45, 2.75) is 57.3 Å². The molecular formula is C19H25N3O4. The Balaban J connectivity index is 1.78. The number of hydrogen-bond donors (Lipinski definition) is 3. The Hall–Kier alpha value is -2.38. The zero-order chi connectivity index (χ0) is 18.9. The van der Waals surface area contributed by atoms with Crippen LogP contribution in [-0.2, 0) is 10.4 Å². The highest BCUT2D eigenvalue weighted by Crippen LogP contribution is 2.36. The SMILES string of the molecule is CC(C)(C)n1nc(C2C[C@@H](O)[C@@H](O)C2)cc1NOC(=O)c1ccccc1. The van der Waals surface area contributed by atoms with E-state index in [0.717, 1.165) is 5.69 Å². The fourth-order valence-electron chi connectivity index (χ4n) is 3.15. The molecule has 1 aliphatic rings. The molecule has 0 amide bonds. The second-order valence-electron chi connectivity index (χ2n) is 7.70. The molecule has 1 aromatic heterocycles. The molecule has 3 atom stereocenters. The highest BCUT2D eigenvalue weighted by Gasteiger charge is 2.35. The number of aromatic nitrogens is 2. The molecule has 1 heterocycles. The number of carbonyl (C=O) groups excluding carboxylic acids is 1. The molecule has 1 aromatic carbocycles. The first-order chi connectivity index (χ1) is 12.3. The van der Waals surface area contributed by atoms with Crippen LogP contribution in [0.5, 0.6) is 0 Å². The molecule has 0 spiro atoms. The van der Waals surface area contributed by atoms with Crippen molar-refractivity contribution in [1.29, 1.82) is 0 Å². The van der Waals surface area contributed by atoms with Gasteiger partial charge in [0.2, 0.25) is 0 Å². The molecule has 3 rings (SSSR count). The molecule has 0 aliphatic heterocycles. The molecule has 0 bridgehead atoms. The smallest absolute Gasteiger partial charge is 0.362 e. The molecule has 140 valence electrons. The maximum absolute atomic E-state index is 12.1. The lowest BCUT2D eigenvalue weighted by molar-refractivity contribution is 0.0438. The third-order valence-electron chi connectivity index (χ3n) is 4.54. The number of benzene rings is 1. The molecule has 1 unspecified atom stereocenters. The minimum atomic E-state index is -0.730. The van der Waals surface area contributed by atoms with E-state index in [4.69, 9.17) is 4.84 Å². The fourth-order valence-corrected chi connectivity index (χ4v) is 3.15. The van der Waals surface area contributed by atoms with Crippen LogP contribution in [0.2, 0.25) is 0 Å². The third kappa shape index (κ3) is 3.89. The van der Waals surface area contributed by atoms with E-state index in [1.807, 2.05) is 26.8 Å². The molecule has 2 aromatic rings. The van der Waals surface area contributed by atoms with Gasteiger partial charge in [-0.3, -0.25) is 0 Å². The van der Waals surface area contributed by atoms with Crippen LogP contribution in [0.3, 0.4) is 0 Å². The molecular weight excluding hydrogens is 334 g/mol. The molecule has 1 saturated carbocycles. The Labute approximate surface area is 152 Å². The van der Waals surface area contributed by atoms with Crippen molar-refractivity contribution < 1.29 is 19.8 Å². The summed E-state index contributed by atoms with van der Waals surface area (Å²) in [5, 5.41) is 24.2. The topological polar surface area (TPSA) is 96.6 Å². The van der Waals surface area contributed by atoms with Crippen LogP contribution in [-0.4, -0.2) is 38.2 Å². The van der Waals surface area contributed by atoms with E-state index in [9.17, 15) is 15.0 Å². The minimum absolute atomic E-state index is 0.0334. The Morgan fingerprint density at radius 2 is 1.81 bits per heavy atom. The van der Waals surface area contributed by atoms with E-state index >= 15 is 0 Å². The number of hydrogen-bond acceptors (Lipinski definition) is 6. The first-order valence-electron chi connectivity index (χ1n) is 8.74. The van der Waals surface area contributed by atoms with Crippen molar-refractivity contribution in [2.24, 2.45) is 0 Å². The van der Waals surface area contributed by atoms with Gasteiger partial charge in [-0.05, 0) is 45.7 Å². The molecule has 7 heteroatoms. The standard InChI is InChI=1S/C19H25N3O4/c1-19(2,3)22-17(21-26-18(25)12-7-5-4-6-8-12)11-14(20-22)13-9-15(23)16(24)10-13/h4-8,11,13,15-16,21,23-24H,9-10H2,1-3H3/t13?,15-,16+. The number of carbonyl (C=O) groups is 1. The fraction of sp³-hybridized carbons (Fsp3) is 0.474. The summed E-state index contributed by atoms with van der Waals surface area (Å²) < 4.78 is 1.75. The maximum atomic E-state index is 12.1. The van der Waals surface area contributed by atoms with Crippen LogP contribution in [0.1, 0.15) is 55.6 Å². The van der Waals surface area contributed by atoms with E-state index in [1.54, 1.807) is 35.0 Å². The Kier molecular flexibility index (Phi) is 5.02. The number of aliphatic hydroxyl groups is 2. The van der Waals surface area contributed by atoms with Crippen molar-refractivity contribution in [3.05, 3.63) is 47.7 Å². The highest BCUT2D eigenvalue weighted by molar-refractivity contribution is 5.89. The molecule has 0 saturated heterocycles. The Morgan fingerprint density at radius 3 is 2.38 bits per heavy atom. The lowest BCUT2D eigenvalue weighted by Crippen LogP contribution is -2.26. The van der Waals surface area contributed by atoms with E-state index < -0.39 is 18.2 Å². The summed E-state index contributed by atoms with van der Waals surface area (Å²) in [6, 6.07) is 10.5. The summed E-state index contributed by atoms with van der Waals surface area (Å²) >= 11 is 0. The van der Waals surface area contributed by atoms with Crippen molar-refractivity contribution in [1.82, 2.24) is 9.78 Å². The average Bonchev–Trinajstić information content (AvgIpc) is 3.17. The van der Waals surface area contributed by atoms with Crippen LogP contribution >= 0.6 is 0 Å². The number of aliphatic hydroxyl groups excluding tert-OH is 2. The van der Waals surface area contributed by atoms with Crippen LogP contribution in [0, 0.1) is 0 Å². The molecule has 1 aliphatic carbocycles. The monoisotopic (exact) mass is 359 g/mol.